The summed E-state index contributed by atoms with van der Waals surface area (Å²) >= 11 is 0. The quantitative estimate of drug-likeness (QED) is 0.820. The van der Waals surface area contributed by atoms with Gasteiger partial charge in [-0.25, -0.2) is 0 Å². The van der Waals surface area contributed by atoms with E-state index in [4.69, 9.17) is 0 Å². The Morgan fingerprint density at radius 2 is 1.76 bits per heavy atom. The molecule has 0 spiro atoms. The lowest BCUT2D eigenvalue weighted by Crippen LogP contribution is -2.47. The minimum Gasteiger partial charge on any atom is -0.375 e. The van der Waals surface area contributed by atoms with E-state index in [1.807, 2.05) is 19.1 Å². The van der Waals surface area contributed by atoms with E-state index in [-0.39, 0.29) is 5.78 Å². The number of anilines is 1. The number of carbonyl (C=O) groups excluding carboxylic acids is 2. The van der Waals surface area contributed by atoms with Crippen LogP contribution in [0.2, 0.25) is 0 Å². The average Bonchev–Trinajstić information content (AvgIpc) is 2.85. The monoisotopic (exact) mass is 337 g/mol. The lowest BCUT2D eigenvalue weighted by Gasteiger charge is -2.31. The minimum atomic E-state index is -1.81. The number of fused-ring (bicyclic) bond motifs is 1. The van der Waals surface area contributed by atoms with Crippen LogP contribution in [0.3, 0.4) is 0 Å². The molecule has 2 atom stereocenters. The van der Waals surface area contributed by atoms with E-state index in [0.29, 0.717) is 23.2 Å². The maximum atomic E-state index is 13.2. The molecule has 0 bridgehead atoms. The van der Waals surface area contributed by atoms with Crippen LogP contribution in [0.1, 0.15) is 42.1 Å². The van der Waals surface area contributed by atoms with E-state index in [0.717, 1.165) is 12.8 Å². The Bertz CT molecular complexity index is 787. The fourth-order valence-corrected chi connectivity index (χ4v) is 3.65. The number of hydrogen-bond donors (Lipinski definition) is 1. The molecule has 130 valence electrons. The molecule has 2 aromatic rings. The molecule has 0 aliphatic carbocycles. The number of Topliss-reactive ketones (excluding diaryl/α,β-unsaturated/α-hetero) is 1. The van der Waals surface area contributed by atoms with E-state index < -0.39 is 17.4 Å². The third kappa shape index (κ3) is 2.76. The van der Waals surface area contributed by atoms with Gasteiger partial charge in [0.25, 0.3) is 5.91 Å². The molecule has 2 aromatic carbocycles. The number of benzene rings is 2. The molecule has 1 N–H and O–H groups in total. The SMILES string of the molecule is CCCC[C@@H](C(=O)c1ccccc1)[C@]1(O)C(=O)N(C)c2ccccc21. The van der Waals surface area contributed by atoms with E-state index in [1.165, 1.54) is 4.90 Å². The van der Waals surface area contributed by atoms with Gasteiger partial charge in [-0.1, -0.05) is 68.3 Å². The van der Waals surface area contributed by atoms with Gasteiger partial charge in [0.05, 0.1) is 11.6 Å². The number of nitrogens with zero attached hydrogens (tertiary/aromatic N) is 1. The molecular formula is C21H23NO3. The van der Waals surface area contributed by atoms with Crippen LogP contribution in [0.15, 0.2) is 54.6 Å². The van der Waals surface area contributed by atoms with Crippen LogP contribution in [0.4, 0.5) is 5.69 Å². The highest BCUT2D eigenvalue weighted by atomic mass is 16.3. The van der Waals surface area contributed by atoms with Gasteiger partial charge in [-0.15, -0.1) is 0 Å². The van der Waals surface area contributed by atoms with Gasteiger partial charge in [0.1, 0.15) is 0 Å². The van der Waals surface area contributed by atoms with E-state index in [2.05, 4.69) is 0 Å². The van der Waals surface area contributed by atoms with Crippen molar-refractivity contribution in [2.24, 2.45) is 5.92 Å². The van der Waals surface area contributed by atoms with Gasteiger partial charge in [0.2, 0.25) is 0 Å². The van der Waals surface area contributed by atoms with E-state index in [9.17, 15) is 14.7 Å². The fraction of sp³-hybridized carbons (Fsp3) is 0.333. The van der Waals surface area contributed by atoms with Crippen molar-refractivity contribution in [3.05, 3.63) is 65.7 Å². The summed E-state index contributed by atoms with van der Waals surface area (Å²) in [5.41, 5.74) is -0.102. The van der Waals surface area contributed by atoms with Crippen molar-refractivity contribution in [2.45, 2.75) is 31.8 Å². The normalized spacial score (nSPS) is 20.4. The number of ketones is 1. The van der Waals surface area contributed by atoms with Crippen molar-refractivity contribution in [2.75, 3.05) is 11.9 Å². The number of unbranched alkanes of at least 4 members (excludes halogenated alkanes) is 1. The molecule has 3 rings (SSSR count). The molecule has 0 radical (unpaired) electrons. The van der Waals surface area contributed by atoms with Gasteiger partial charge >= 0.3 is 0 Å². The second-order valence-electron chi connectivity index (χ2n) is 6.57. The molecule has 0 saturated carbocycles. The van der Waals surface area contributed by atoms with Gasteiger partial charge < -0.3 is 10.0 Å². The lowest BCUT2D eigenvalue weighted by molar-refractivity contribution is -0.140. The van der Waals surface area contributed by atoms with E-state index >= 15 is 0 Å². The fourth-order valence-electron chi connectivity index (χ4n) is 3.65. The molecule has 1 heterocycles. The topological polar surface area (TPSA) is 57.6 Å². The Hall–Kier alpha value is -2.46. The summed E-state index contributed by atoms with van der Waals surface area (Å²) in [6.07, 6.45) is 2.12. The number of carbonyl (C=O) groups is 2. The Morgan fingerprint density at radius 3 is 2.44 bits per heavy atom. The van der Waals surface area contributed by atoms with Crippen LogP contribution < -0.4 is 4.90 Å². The van der Waals surface area contributed by atoms with Crippen LogP contribution in [-0.2, 0) is 10.4 Å². The first-order chi connectivity index (χ1) is 12.0. The summed E-state index contributed by atoms with van der Waals surface area (Å²) in [5, 5.41) is 11.5. The highest BCUT2D eigenvalue weighted by molar-refractivity contribution is 6.11. The van der Waals surface area contributed by atoms with E-state index in [1.54, 1.807) is 49.5 Å². The summed E-state index contributed by atoms with van der Waals surface area (Å²) < 4.78 is 0. The highest BCUT2D eigenvalue weighted by Crippen LogP contribution is 2.46. The average molecular weight is 337 g/mol. The van der Waals surface area contributed by atoms with Crippen LogP contribution >= 0.6 is 0 Å². The smallest absolute Gasteiger partial charge is 0.264 e. The van der Waals surface area contributed by atoms with Crippen molar-refractivity contribution < 1.29 is 14.7 Å². The Labute approximate surface area is 148 Å². The summed E-state index contributed by atoms with van der Waals surface area (Å²) in [6.45, 7) is 2.03. The van der Waals surface area contributed by atoms with Crippen LogP contribution in [0.5, 0.6) is 0 Å². The standard InChI is InChI=1S/C21H23NO3/c1-3-4-12-17(19(23)15-10-6-5-7-11-15)21(25)16-13-8-9-14-18(16)22(2)20(21)24/h5-11,13-14,17,25H,3-4,12H2,1-2H3/t17-,21-/m0/s1. The molecule has 4 nitrogen and oxygen atoms in total. The molecule has 0 fully saturated rings. The van der Waals surface area contributed by atoms with Gasteiger partial charge in [0, 0.05) is 18.2 Å². The third-order valence-corrected chi connectivity index (χ3v) is 5.03. The maximum Gasteiger partial charge on any atom is 0.264 e. The van der Waals surface area contributed by atoms with Crippen LogP contribution in [0.25, 0.3) is 0 Å². The number of amides is 1. The number of rotatable bonds is 6. The first-order valence-electron chi connectivity index (χ1n) is 8.71. The zero-order valence-corrected chi connectivity index (χ0v) is 14.6. The predicted molar refractivity (Wildman–Crippen MR) is 97.5 cm³/mol. The highest BCUT2D eigenvalue weighted by Gasteiger charge is 2.55. The van der Waals surface area contributed by atoms with Crippen molar-refractivity contribution >= 4 is 17.4 Å². The molecule has 4 heteroatoms. The number of para-hydroxylation sites is 1. The lowest BCUT2D eigenvalue weighted by atomic mass is 9.75. The first kappa shape index (κ1) is 17.4. The number of likely N-dealkylation sites (N-methyl/N-ethyl adjacent to an activating group) is 1. The van der Waals surface area contributed by atoms with Crippen molar-refractivity contribution in [1.29, 1.82) is 0 Å². The molecule has 0 aromatic heterocycles. The predicted octanol–water partition coefficient (Wildman–Crippen LogP) is 3.54. The zero-order chi connectivity index (χ0) is 18.0. The van der Waals surface area contributed by atoms with Gasteiger partial charge in [0.15, 0.2) is 11.4 Å². The van der Waals surface area contributed by atoms with Crippen LogP contribution in [0, 0.1) is 5.92 Å². The zero-order valence-electron chi connectivity index (χ0n) is 14.6. The summed E-state index contributed by atoms with van der Waals surface area (Å²) in [6, 6.07) is 16.1. The Kier molecular flexibility index (Phi) is 4.73. The molecule has 1 aliphatic rings. The molecule has 0 unspecified atom stereocenters. The molecule has 1 aliphatic heterocycles. The Balaban J connectivity index is 2.10. The first-order valence-corrected chi connectivity index (χ1v) is 8.71. The summed E-state index contributed by atoms with van der Waals surface area (Å²) in [4.78, 5) is 27.6. The molecular weight excluding hydrogens is 314 g/mol. The largest absolute Gasteiger partial charge is 0.375 e. The minimum absolute atomic E-state index is 0.185. The summed E-state index contributed by atoms with van der Waals surface area (Å²) in [5.74, 6) is -1.41. The Morgan fingerprint density at radius 1 is 1.12 bits per heavy atom. The summed E-state index contributed by atoms with van der Waals surface area (Å²) in [7, 11) is 1.64. The van der Waals surface area contributed by atoms with Crippen molar-refractivity contribution in [3.8, 4) is 0 Å². The molecule has 25 heavy (non-hydrogen) atoms. The van der Waals surface area contributed by atoms with Crippen molar-refractivity contribution in [3.63, 3.8) is 0 Å². The van der Waals surface area contributed by atoms with Gasteiger partial charge in [-0.05, 0) is 12.5 Å². The maximum absolute atomic E-state index is 13.2. The van der Waals surface area contributed by atoms with Crippen LogP contribution in [-0.4, -0.2) is 23.8 Å². The molecule has 1 amide bonds. The number of aliphatic hydroxyl groups is 1. The van der Waals surface area contributed by atoms with Gasteiger partial charge in [-0.2, -0.15) is 0 Å². The second kappa shape index (κ2) is 6.81. The van der Waals surface area contributed by atoms with Gasteiger partial charge in [-0.3, -0.25) is 9.59 Å². The third-order valence-electron chi connectivity index (χ3n) is 5.03. The molecule has 0 saturated heterocycles. The van der Waals surface area contributed by atoms with Crippen molar-refractivity contribution in [1.82, 2.24) is 0 Å². The second-order valence-corrected chi connectivity index (χ2v) is 6.57. The number of hydrogen-bond acceptors (Lipinski definition) is 3.